The Hall–Kier alpha value is -0.830. The van der Waals surface area contributed by atoms with Crippen LogP contribution in [0.5, 0.6) is 0 Å². The van der Waals surface area contributed by atoms with Crippen LogP contribution in [0.2, 0.25) is 0 Å². The third-order valence-electron chi connectivity index (χ3n) is 4.53. The van der Waals surface area contributed by atoms with Gasteiger partial charge in [-0.25, -0.2) is 0 Å². The number of methoxy groups -OCH3 is 1. The van der Waals surface area contributed by atoms with Crippen LogP contribution < -0.4 is 0 Å². The number of ether oxygens (including phenoxy) is 1. The van der Waals surface area contributed by atoms with Crippen LogP contribution in [0, 0.1) is 11.8 Å². The van der Waals surface area contributed by atoms with E-state index in [-0.39, 0.29) is 0 Å². The van der Waals surface area contributed by atoms with Gasteiger partial charge in [0.15, 0.2) is 0 Å². The fourth-order valence-corrected chi connectivity index (χ4v) is 3.04. The molecule has 3 nitrogen and oxygen atoms in total. The highest BCUT2D eigenvalue weighted by molar-refractivity contribution is 6.00. The van der Waals surface area contributed by atoms with Crippen LogP contribution in [0.15, 0.2) is 16.8 Å². The quantitative estimate of drug-likeness (QED) is 0.776. The zero-order valence-corrected chi connectivity index (χ0v) is 12.9. The first-order valence-electron chi connectivity index (χ1n) is 7.62. The van der Waals surface area contributed by atoms with E-state index in [1.807, 2.05) is 0 Å². The van der Waals surface area contributed by atoms with E-state index >= 15 is 0 Å². The smallest absolute Gasteiger partial charge is 0.0704 e. The normalized spacial score (nSPS) is 30.3. The van der Waals surface area contributed by atoms with E-state index in [0.717, 1.165) is 31.4 Å². The van der Waals surface area contributed by atoms with E-state index in [9.17, 15) is 0 Å². The van der Waals surface area contributed by atoms with Crippen LogP contribution >= 0.6 is 0 Å². The topological polar surface area (TPSA) is 24.8 Å². The SMILES string of the molecule is COC[C@H]1CCCN1/N=C1\CC(C(C)C)CC=C1C. The molecule has 19 heavy (non-hydrogen) atoms. The second kappa shape index (κ2) is 6.56. The Morgan fingerprint density at radius 2 is 2.26 bits per heavy atom. The first-order valence-corrected chi connectivity index (χ1v) is 7.62. The van der Waals surface area contributed by atoms with Gasteiger partial charge in [0, 0.05) is 13.7 Å². The van der Waals surface area contributed by atoms with Crippen LogP contribution in [-0.2, 0) is 4.74 Å². The fourth-order valence-electron chi connectivity index (χ4n) is 3.04. The predicted molar refractivity (Wildman–Crippen MR) is 80.4 cm³/mol. The van der Waals surface area contributed by atoms with Crippen LogP contribution in [0.3, 0.4) is 0 Å². The summed E-state index contributed by atoms with van der Waals surface area (Å²) in [7, 11) is 1.78. The summed E-state index contributed by atoms with van der Waals surface area (Å²) >= 11 is 0. The van der Waals surface area contributed by atoms with Gasteiger partial charge in [0.25, 0.3) is 0 Å². The van der Waals surface area contributed by atoms with Gasteiger partial charge in [-0.3, -0.25) is 5.01 Å². The van der Waals surface area contributed by atoms with Crippen molar-refractivity contribution in [1.29, 1.82) is 0 Å². The molecule has 2 aliphatic rings. The molecule has 0 aromatic heterocycles. The van der Waals surface area contributed by atoms with Crippen molar-refractivity contribution in [2.24, 2.45) is 16.9 Å². The standard InChI is InChI=1S/C16H28N2O/c1-12(2)14-8-7-13(3)16(10-14)17-18-9-5-6-15(18)11-19-4/h7,12,14-15H,5-6,8-11H2,1-4H3/b17-16+/t14?,15-/m1/s1. The lowest BCUT2D eigenvalue weighted by molar-refractivity contribution is 0.117. The van der Waals surface area contributed by atoms with Crippen molar-refractivity contribution in [2.45, 2.75) is 52.5 Å². The number of allylic oxidation sites excluding steroid dienone is 2. The highest BCUT2D eigenvalue weighted by Crippen LogP contribution is 2.29. The number of rotatable bonds is 4. The zero-order chi connectivity index (χ0) is 13.8. The summed E-state index contributed by atoms with van der Waals surface area (Å²) in [6.45, 7) is 8.72. The lowest BCUT2D eigenvalue weighted by Crippen LogP contribution is -2.31. The summed E-state index contributed by atoms with van der Waals surface area (Å²) in [6.07, 6.45) is 7.16. The maximum absolute atomic E-state index is 5.31. The van der Waals surface area contributed by atoms with Crippen LogP contribution in [-0.4, -0.2) is 37.0 Å². The fraction of sp³-hybridized carbons (Fsp3) is 0.812. The number of nitrogens with zero attached hydrogens (tertiary/aromatic N) is 2. The Bertz CT molecular complexity index is 360. The molecule has 0 N–H and O–H groups in total. The van der Waals surface area contributed by atoms with Gasteiger partial charge in [-0.15, -0.1) is 0 Å². The van der Waals surface area contributed by atoms with E-state index < -0.39 is 0 Å². The summed E-state index contributed by atoms with van der Waals surface area (Å²) in [5.74, 6) is 1.49. The van der Waals surface area contributed by atoms with Gasteiger partial charge in [0.05, 0.1) is 18.4 Å². The molecule has 1 saturated heterocycles. The Morgan fingerprint density at radius 1 is 1.47 bits per heavy atom. The first-order chi connectivity index (χ1) is 9.11. The van der Waals surface area contributed by atoms with Crippen molar-refractivity contribution in [3.63, 3.8) is 0 Å². The average Bonchev–Trinajstić information content (AvgIpc) is 2.80. The van der Waals surface area contributed by atoms with E-state index in [2.05, 4.69) is 31.9 Å². The third-order valence-corrected chi connectivity index (χ3v) is 4.53. The molecule has 1 unspecified atom stereocenters. The van der Waals surface area contributed by atoms with Gasteiger partial charge in [-0.05, 0) is 50.0 Å². The van der Waals surface area contributed by atoms with Crippen molar-refractivity contribution < 1.29 is 4.74 Å². The van der Waals surface area contributed by atoms with Crippen molar-refractivity contribution >= 4 is 5.71 Å². The van der Waals surface area contributed by atoms with Crippen LogP contribution in [0.25, 0.3) is 0 Å². The summed E-state index contributed by atoms with van der Waals surface area (Å²) in [4.78, 5) is 0. The maximum atomic E-state index is 5.31. The Kier molecular flexibility index (Phi) is 5.03. The molecular weight excluding hydrogens is 236 g/mol. The van der Waals surface area contributed by atoms with E-state index in [0.29, 0.717) is 6.04 Å². The predicted octanol–water partition coefficient (Wildman–Crippen LogP) is 3.47. The Balaban J connectivity index is 2.08. The van der Waals surface area contributed by atoms with Crippen LogP contribution in [0.4, 0.5) is 0 Å². The second-order valence-corrected chi connectivity index (χ2v) is 6.29. The molecule has 0 amide bonds. The van der Waals surface area contributed by atoms with Gasteiger partial charge in [0.2, 0.25) is 0 Å². The zero-order valence-electron chi connectivity index (χ0n) is 12.9. The van der Waals surface area contributed by atoms with E-state index in [1.54, 1.807) is 7.11 Å². The molecule has 0 saturated carbocycles. The molecule has 0 spiro atoms. The number of hydrogen-bond donors (Lipinski definition) is 0. The monoisotopic (exact) mass is 264 g/mol. The second-order valence-electron chi connectivity index (χ2n) is 6.29. The Morgan fingerprint density at radius 3 is 2.95 bits per heavy atom. The highest BCUT2D eigenvalue weighted by Gasteiger charge is 2.26. The molecule has 0 aromatic carbocycles. The minimum absolute atomic E-state index is 0.477. The Labute approximate surface area is 117 Å². The van der Waals surface area contributed by atoms with Crippen molar-refractivity contribution in [3.8, 4) is 0 Å². The molecule has 2 atom stereocenters. The number of hydrazone groups is 1. The first kappa shape index (κ1) is 14.6. The van der Waals surface area contributed by atoms with Gasteiger partial charge >= 0.3 is 0 Å². The van der Waals surface area contributed by atoms with E-state index in [4.69, 9.17) is 9.84 Å². The van der Waals surface area contributed by atoms with Gasteiger partial charge < -0.3 is 4.74 Å². The van der Waals surface area contributed by atoms with Crippen molar-refractivity contribution in [3.05, 3.63) is 11.6 Å². The molecule has 3 heteroatoms. The molecule has 1 aliphatic heterocycles. The molecule has 108 valence electrons. The summed E-state index contributed by atoms with van der Waals surface area (Å²) in [5.41, 5.74) is 2.67. The molecule has 1 aliphatic carbocycles. The van der Waals surface area contributed by atoms with Crippen molar-refractivity contribution in [1.82, 2.24) is 5.01 Å². The molecule has 0 radical (unpaired) electrons. The maximum Gasteiger partial charge on any atom is 0.0704 e. The van der Waals surface area contributed by atoms with E-state index in [1.165, 1.54) is 30.5 Å². The lowest BCUT2D eigenvalue weighted by Gasteiger charge is -2.28. The summed E-state index contributed by atoms with van der Waals surface area (Å²) in [6, 6.07) is 0.477. The molecule has 2 rings (SSSR count). The van der Waals surface area contributed by atoms with Gasteiger partial charge in [0.1, 0.15) is 0 Å². The average molecular weight is 264 g/mol. The lowest BCUT2D eigenvalue weighted by atomic mass is 9.82. The third kappa shape index (κ3) is 3.59. The molecule has 1 heterocycles. The minimum atomic E-state index is 0.477. The highest BCUT2D eigenvalue weighted by atomic mass is 16.5. The molecule has 0 bridgehead atoms. The van der Waals surface area contributed by atoms with Gasteiger partial charge in [-0.1, -0.05) is 19.9 Å². The molecular formula is C16H28N2O. The number of hydrogen-bond acceptors (Lipinski definition) is 3. The largest absolute Gasteiger partial charge is 0.382 e. The molecule has 0 aromatic rings. The minimum Gasteiger partial charge on any atom is -0.382 e. The summed E-state index contributed by atoms with van der Waals surface area (Å²) in [5, 5.41) is 7.21. The molecule has 1 fully saturated rings. The van der Waals surface area contributed by atoms with Crippen LogP contribution in [0.1, 0.15) is 46.5 Å². The van der Waals surface area contributed by atoms with Gasteiger partial charge in [-0.2, -0.15) is 5.10 Å². The van der Waals surface area contributed by atoms with Crippen molar-refractivity contribution in [2.75, 3.05) is 20.3 Å². The summed E-state index contributed by atoms with van der Waals surface area (Å²) < 4.78 is 5.31.